The van der Waals surface area contributed by atoms with Crippen LogP contribution in [0.25, 0.3) is 0 Å². The van der Waals surface area contributed by atoms with Crippen molar-refractivity contribution in [1.29, 1.82) is 0 Å². The molecule has 2 amide bonds. The fourth-order valence-corrected chi connectivity index (χ4v) is 5.23. The Bertz CT molecular complexity index is 612. The second-order valence-corrected chi connectivity index (χ2v) is 9.86. The van der Waals surface area contributed by atoms with Crippen molar-refractivity contribution in [2.75, 3.05) is 13.1 Å². The fraction of sp³-hybridized carbons (Fsp3) is 0.714. The summed E-state index contributed by atoms with van der Waals surface area (Å²) in [6.45, 7) is 8.23. The van der Waals surface area contributed by atoms with Crippen LogP contribution >= 0.6 is 11.3 Å². The number of hydrogen-bond acceptors (Lipinski definition) is 3. The Morgan fingerprint density at radius 3 is 2.42 bits per heavy atom. The predicted molar refractivity (Wildman–Crippen MR) is 106 cm³/mol. The summed E-state index contributed by atoms with van der Waals surface area (Å²) in [5.74, 6) is 0.916. The lowest BCUT2D eigenvalue weighted by molar-refractivity contribution is -0.128. The molecule has 1 aliphatic carbocycles. The largest absolute Gasteiger partial charge is 0.353 e. The van der Waals surface area contributed by atoms with Crippen molar-refractivity contribution in [2.45, 2.75) is 65.3 Å². The Labute approximate surface area is 161 Å². The summed E-state index contributed by atoms with van der Waals surface area (Å²) < 4.78 is 0. The molecule has 2 aliphatic rings. The van der Waals surface area contributed by atoms with Gasteiger partial charge in [0.2, 0.25) is 5.91 Å². The first kappa shape index (κ1) is 19.4. The van der Waals surface area contributed by atoms with E-state index in [1.165, 1.54) is 30.6 Å². The van der Waals surface area contributed by atoms with Crippen molar-refractivity contribution in [3.8, 4) is 0 Å². The number of piperidine rings is 1. The zero-order valence-electron chi connectivity index (χ0n) is 16.3. The second-order valence-electron chi connectivity index (χ2n) is 8.92. The molecule has 0 spiro atoms. The maximum Gasteiger partial charge on any atom is 0.263 e. The molecule has 144 valence electrons. The highest BCUT2D eigenvalue weighted by atomic mass is 32.1. The van der Waals surface area contributed by atoms with E-state index in [9.17, 15) is 9.59 Å². The lowest BCUT2D eigenvalue weighted by atomic mass is 9.69. The third kappa shape index (κ3) is 4.48. The van der Waals surface area contributed by atoms with Gasteiger partial charge in [-0.15, -0.1) is 11.3 Å². The number of amides is 2. The molecular formula is C21H32N2O2S. The summed E-state index contributed by atoms with van der Waals surface area (Å²) in [7, 11) is 0. The molecule has 1 saturated heterocycles. The lowest BCUT2D eigenvalue weighted by Crippen LogP contribution is -2.50. The molecule has 4 nitrogen and oxygen atoms in total. The zero-order valence-corrected chi connectivity index (χ0v) is 17.1. The first-order chi connectivity index (χ1) is 12.4. The monoisotopic (exact) mass is 376 g/mol. The normalized spacial score (nSPS) is 25.1. The van der Waals surface area contributed by atoms with E-state index in [0.29, 0.717) is 25.0 Å². The van der Waals surface area contributed by atoms with Crippen LogP contribution in [0.2, 0.25) is 0 Å². The van der Waals surface area contributed by atoms with Crippen molar-refractivity contribution in [1.82, 2.24) is 10.2 Å². The maximum absolute atomic E-state index is 12.8. The number of rotatable bonds is 3. The van der Waals surface area contributed by atoms with Gasteiger partial charge in [0.15, 0.2) is 0 Å². The minimum Gasteiger partial charge on any atom is -0.353 e. The summed E-state index contributed by atoms with van der Waals surface area (Å²) >= 11 is 1.49. The third-order valence-corrected chi connectivity index (χ3v) is 6.95. The Hall–Kier alpha value is -1.36. The van der Waals surface area contributed by atoms with Crippen molar-refractivity contribution >= 4 is 23.2 Å². The molecule has 1 aliphatic heterocycles. The van der Waals surface area contributed by atoms with Crippen molar-refractivity contribution in [3.63, 3.8) is 0 Å². The van der Waals surface area contributed by atoms with Gasteiger partial charge in [-0.05, 0) is 48.5 Å². The van der Waals surface area contributed by atoms with Crippen LogP contribution in [0.4, 0.5) is 0 Å². The van der Waals surface area contributed by atoms with Crippen LogP contribution < -0.4 is 5.32 Å². The molecule has 2 unspecified atom stereocenters. The Morgan fingerprint density at radius 1 is 1.12 bits per heavy atom. The number of nitrogens with one attached hydrogen (secondary N) is 1. The fourth-order valence-electron chi connectivity index (χ4n) is 4.54. The molecule has 3 rings (SSSR count). The van der Waals surface area contributed by atoms with E-state index in [0.717, 1.165) is 24.1 Å². The molecule has 2 fully saturated rings. The standard InChI is InChI=1S/C21H32N2O2S/c1-21(2,3)16-7-4-5-8-17(16)22-19(24)15-10-12-23(13-11-15)20(25)18-9-6-14-26-18/h6,9,14-17H,4-5,7-8,10-13H2,1-3H3,(H,22,24). The topological polar surface area (TPSA) is 49.4 Å². The average Bonchev–Trinajstić information content (AvgIpc) is 3.15. The summed E-state index contributed by atoms with van der Waals surface area (Å²) in [6, 6.07) is 4.09. The van der Waals surface area contributed by atoms with Crippen LogP contribution in [0.15, 0.2) is 17.5 Å². The third-order valence-electron chi connectivity index (χ3n) is 6.09. The summed E-state index contributed by atoms with van der Waals surface area (Å²) in [5.41, 5.74) is 0.231. The lowest BCUT2D eigenvalue weighted by Gasteiger charge is -2.41. The zero-order chi connectivity index (χ0) is 18.7. The molecule has 1 aromatic rings. The SMILES string of the molecule is CC(C)(C)C1CCCCC1NC(=O)C1CCN(C(=O)c2cccs2)CC1. The first-order valence-corrected chi connectivity index (χ1v) is 10.9. The molecule has 0 bridgehead atoms. The molecular weight excluding hydrogens is 344 g/mol. The van der Waals surface area contributed by atoms with Crippen LogP contribution in [-0.4, -0.2) is 35.8 Å². The number of nitrogens with zero attached hydrogens (tertiary/aromatic N) is 1. The van der Waals surface area contributed by atoms with E-state index in [4.69, 9.17) is 0 Å². The van der Waals surface area contributed by atoms with Gasteiger partial charge in [0, 0.05) is 25.0 Å². The van der Waals surface area contributed by atoms with Crippen LogP contribution in [-0.2, 0) is 4.79 Å². The average molecular weight is 377 g/mol. The first-order valence-electron chi connectivity index (χ1n) is 9.99. The van der Waals surface area contributed by atoms with E-state index in [-0.39, 0.29) is 23.1 Å². The van der Waals surface area contributed by atoms with Crippen molar-refractivity contribution < 1.29 is 9.59 Å². The quantitative estimate of drug-likeness (QED) is 0.854. The molecule has 0 aromatic carbocycles. The van der Waals surface area contributed by atoms with Gasteiger partial charge in [-0.2, -0.15) is 0 Å². The number of carbonyl (C=O) groups is 2. The Kier molecular flexibility index (Phi) is 6.06. The number of thiophene rings is 1. The van der Waals surface area contributed by atoms with Gasteiger partial charge in [0.25, 0.3) is 5.91 Å². The maximum atomic E-state index is 12.8. The van der Waals surface area contributed by atoms with Crippen LogP contribution in [0.3, 0.4) is 0 Å². The van der Waals surface area contributed by atoms with Crippen molar-refractivity contribution in [2.24, 2.45) is 17.3 Å². The Balaban J connectivity index is 1.52. The molecule has 26 heavy (non-hydrogen) atoms. The summed E-state index contributed by atoms with van der Waals surface area (Å²) in [4.78, 5) is 28.0. The number of hydrogen-bond donors (Lipinski definition) is 1. The van der Waals surface area contributed by atoms with Gasteiger partial charge in [-0.25, -0.2) is 0 Å². The highest BCUT2D eigenvalue weighted by molar-refractivity contribution is 7.12. The van der Waals surface area contributed by atoms with E-state index in [1.54, 1.807) is 0 Å². The molecule has 0 radical (unpaired) electrons. The predicted octanol–water partition coefficient (Wildman–Crippen LogP) is 4.32. The van der Waals surface area contributed by atoms with Crippen LogP contribution in [0, 0.1) is 17.3 Å². The minimum absolute atomic E-state index is 0.0462. The van der Waals surface area contributed by atoms with E-state index < -0.39 is 0 Å². The minimum atomic E-state index is 0.0462. The van der Waals surface area contributed by atoms with Crippen molar-refractivity contribution in [3.05, 3.63) is 22.4 Å². The van der Waals surface area contributed by atoms with E-state index >= 15 is 0 Å². The number of likely N-dealkylation sites (tertiary alicyclic amines) is 1. The molecule has 1 saturated carbocycles. The summed E-state index contributed by atoms with van der Waals surface area (Å²) in [6.07, 6.45) is 6.35. The molecule has 2 atom stereocenters. The smallest absolute Gasteiger partial charge is 0.263 e. The highest BCUT2D eigenvalue weighted by Gasteiger charge is 2.36. The summed E-state index contributed by atoms with van der Waals surface area (Å²) in [5, 5.41) is 5.31. The van der Waals surface area contributed by atoms with Crippen LogP contribution in [0.1, 0.15) is 69.0 Å². The molecule has 1 N–H and O–H groups in total. The van der Waals surface area contributed by atoms with Gasteiger partial charge in [0.05, 0.1) is 4.88 Å². The molecule has 1 aromatic heterocycles. The molecule has 5 heteroatoms. The Morgan fingerprint density at radius 2 is 1.81 bits per heavy atom. The van der Waals surface area contributed by atoms with E-state index in [2.05, 4.69) is 26.1 Å². The van der Waals surface area contributed by atoms with Gasteiger partial charge < -0.3 is 10.2 Å². The van der Waals surface area contributed by atoms with Gasteiger partial charge in [-0.1, -0.05) is 39.7 Å². The second kappa shape index (κ2) is 8.12. The highest BCUT2D eigenvalue weighted by Crippen LogP contribution is 2.38. The van der Waals surface area contributed by atoms with Gasteiger partial charge in [0.1, 0.15) is 0 Å². The number of carbonyl (C=O) groups excluding carboxylic acids is 2. The van der Waals surface area contributed by atoms with Crippen LogP contribution in [0.5, 0.6) is 0 Å². The van der Waals surface area contributed by atoms with Gasteiger partial charge in [-0.3, -0.25) is 9.59 Å². The van der Waals surface area contributed by atoms with E-state index in [1.807, 2.05) is 22.4 Å². The molecule has 2 heterocycles. The van der Waals surface area contributed by atoms with Gasteiger partial charge >= 0.3 is 0 Å².